The van der Waals surface area contributed by atoms with Gasteiger partial charge in [-0.05, 0) is 30.3 Å². The normalized spacial score (nSPS) is 12.2. The van der Waals surface area contributed by atoms with E-state index in [4.69, 9.17) is 4.74 Å². The number of carbonyl (C=O) groups is 3. The maximum atomic E-state index is 12.7. The van der Waals surface area contributed by atoms with Crippen molar-refractivity contribution >= 4 is 35.1 Å². The van der Waals surface area contributed by atoms with Gasteiger partial charge in [0.25, 0.3) is 5.91 Å². The number of nitrogens with zero attached hydrogens (tertiary/aromatic N) is 2. The number of carbonyl (C=O) groups excluding carboxylic acids is 3. The summed E-state index contributed by atoms with van der Waals surface area (Å²) in [4.78, 5) is 42.8. The van der Waals surface area contributed by atoms with Gasteiger partial charge >= 0.3 is 12.0 Å². The zero-order valence-electron chi connectivity index (χ0n) is 17.2. The van der Waals surface area contributed by atoms with Crippen molar-refractivity contribution in [1.82, 2.24) is 4.98 Å². The summed E-state index contributed by atoms with van der Waals surface area (Å²) < 4.78 is 10.3. The van der Waals surface area contributed by atoms with Crippen LogP contribution in [0.1, 0.15) is 20.7 Å². The van der Waals surface area contributed by atoms with Gasteiger partial charge in [-0.25, -0.2) is 14.6 Å². The first-order chi connectivity index (χ1) is 15.5. The number of para-hydroxylation sites is 1. The van der Waals surface area contributed by atoms with Crippen LogP contribution in [0, 0.1) is 0 Å². The van der Waals surface area contributed by atoms with Gasteiger partial charge in [0.1, 0.15) is 6.61 Å². The maximum Gasteiger partial charge on any atom is 0.337 e. The molecule has 9 heteroatoms. The summed E-state index contributed by atoms with van der Waals surface area (Å²) in [5.41, 5.74) is 1.62. The smallest absolute Gasteiger partial charge is 0.337 e. The Kier molecular flexibility index (Phi) is 5.98. The number of amides is 3. The third kappa shape index (κ3) is 4.51. The third-order valence-electron chi connectivity index (χ3n) is 4.73. The van der Waals surface area contributed by atoms with Crippen molar-refractivity contribution in [2.75, 3.05) is 35.8 Å². The van der Waals surface area contributed by atoms with E-state index in [0.29, 0.717) is 29.5 Å². The molecule has 0 unspecified atom stereocenters. The highest BCUT2D eigenvalue weighted by Crippen LogP contribution is 2.32. The van der Waals surface area contributed by atoms with Crippen LogP contribution in [0.15, 0.2) is 66.9 Å². The lowest BCUT2D eigenvalue weighted by Gasteiger charge is -2.28. The number of esters is 1. The van der Waals surface area contributed by atoms with Crippen LogP contribution in [0.3, 0.4) is 0 Å². The minimum Gasteiger partial charge on any atom is -0.488 e. The van der Waals surface area contributed by atoms with Crippen LogP contribution in [0.2, 0.25) is 0 Å². The van der Waals surface area contributed by atoms with Gasteiger partial charge < -0.3 is 20.1 Å². The molecule has 0 spiro atoms. The van der Waals surface area contributed by atoms with Gasteiger partial charge in [0.15, 0.2) is 11.6 Å². The van der Waals surface area contributed by atoms with Crippen molar-refractivity contribution in [3.63, 3.8) is 0 Å². The molecule has 2 aromatic carbocycles. The number of hydrogen-bond acceptors (Lipinski definition) is 6. The maximum absolute atomic E-state index is 12.7. The summed E-state index contributed by atoms with van der Waals surface area (Å²) >= 11 is 0. The number of aromatic nitrogens is 1. The first-order valence-corrected chi connectivity index (χ1v) is 9.81. The number of benzene rings is 2. The molecule has 4 rings (SSSR count). The van der Waals surface area contributed by atoms with E-state index < -0.39 is 11.9 Å². The summed E-state index contributed by atoms with van der Waals surface area (Å²) in [5, 5.41) is 5.55. The molecule has 0 aliphatic carbocycles. The van der Waals surface area contributed by atoms with Crippen LogP contribution in [0.4, 0.5) is 22.0 Å². The van der Waals surface area contributed by atoms with Crippen molar-refractivity contribution in [2.24, 2.45) is 0 Å². The van der Waals surface area contributed by atoms with Gasteiger partial charge in [-0.3, -0.25) is 9.69 Å². The second-order valence-electron chi connectivity index (χ2n) is 6.87. The molecule has 0 fully saturated rings. The van der Waals surface area contributed by atoms with Crippen LogP contribution in [0.5, 0.6) is 5.75 Å². The minimum atomic E-state index is -0.530. The predicted octanol–water partition coefficient (Wildman–Crippen LogP) is 3.55. The van der Waals surface area contributed by atoms with Crippen LogP contribution in [-0.2, 0) is 4.74 Å². The number of ether oxygens (including phenoxy) is 2. The lowest BCUT2D eigenvalue weighted by molar-refractivity contribution is 0.0600. The second-order valence-corrected chi connectivity index (χ2v) is 6.87. The number of nitrogens with one attached hydrogen (secondary N) is 2. The molecule has 162 valence electrons. The highest BCUT2D eigenvalue weighted by Gasteiger charge is 2.26. The van der Waals surface area contributed by atoms with Gasteiger partial charge in [-0.2, -0.15) is 0 Å². The van der Waals surface area contributed by atoms with E-state index in [1.54, 1.807) is 36.4 Å². The Morgan fingerprint density at radius 3 is 2.53 bits per heavy atom. The van der Waals surface area contributed by atoms with Gasteiger partial charge in [-0.1, -0.05) is 24.3 Å². The van der Waals surface area contributed by atoms with Crippen molar-refractivity contribution in [3.8, 4) is 5.75 Å². The molecule has 0 bridgehead atoms. The molecular formula is C23H20N4O5. The van der Waals surface area contributed by atoms with E-state index in [1.807, 2.05) is 18.2 Å². The second kappa shape index (κ2) is 9.17. The fraction of sp³-hybridized carbons (Fsp3) is 0.130. The fourth-order valence-electron chi connectivity index (χ4n) is 3.19. The number of anilines is 3. The number of rotatable bonds is 4. The molecule has 1 aliphatic rings. The summed E-state index contributed by atoms with van der Waals surface area (Å²) in [6.45, 7) is 0.625. The Bertz CT molecular complexity index is 1170. The van der Waals surface area contributed by atoms with Gasteiger partial charge in [0.2, 0.25) is 0 Å². The molecule has 1 aromatic heterocycles. The third-order valence-corrected chi connectivity index (χ3v) is 4.73. The summed E-state index contributed by atoms with van der Waals surface area (Å²) in [6.07, 6.45) is 1.44. The molecular weight excluding hydrogens is 412 g/mol. The first kappa shape index (κ1) is 20.9. The van der Waals surface area contributed by atoms with E-state index in [1.165, 1.54) is 24.3 Å². The van der Waals surface area contributed by atoms with Gasteiger partial charge in [0, 0.05) is 17.3 Å². The SMILES string of the molecule is COC(=O)c1cccc(C(=O)Nc2cnc3c(c2)OCCN3C(=O)Nc2ccccc2)c1. The number of hydrogen-bond donors (Lipinski definition) is 2. The molecule has 32 heavy (non-hydrogen) atoms. The zero-order chi connectivity index (χ0) is 22.5. The molecule has 0 radical (unpaired) electrons. The lowest BCUT2D eigenvalue weighted by atomic mass is 10.1. The predicted molar refractivity (Wildman–Crippen MR) is 118 cm³/mol. The van der Waals surface area contributed by atoms with Crippen LogP contribution in [0.25, 0.3) is 0 Å². The van der Waals surface area contributed by atoms with Gasteiger partial charge in [0.05, 0.1) is 31.1 Å². The van der Waals surface area contributed by atoms with E-state index >= 15 is 0 Å². The van der Waals surface area contributed by atoms with Crippen LogP contribution in [-0.4, -0.2) is 43.2 Å². The molecule has 1 aliphatic heterocycles. The topological polar surface area (TPSA) is 110 Å². The number of pyridine rings is 1. The molecule has 0 atom stereocenters. The zero-order valence-corrected chi connectivity index (χ0v) is 17.2. The number of methoxy groups -OCH3 is 1. The average molecular weight is 432 g/mol. The van der Waals surface area contributed by atoms with Gasteiger partial charge in [-0.15, -0.1) is 0 Å². The van der Waals surface area contributed by atoms with E-state index in [9.17, 15) is 14.4 Å². The highest BCUT2D eigenvalue weighted by molar-refractivity contribution is 6.06. The lowest BCUT2D eigenvalue weighted by Crippen LogP contribution is -2.41. The van der Waals surface area contributed by atoms with Crippen molar-refractivity contribution < 1.29 is 23.9 Å². The van der Waals surface area contributed by atoms with Crippen molar-refractivity contribution in [1.29, 1.82) is 0 Å². The molecule has 9 nitrogen and oxygen atoms in total. The molecule has 2 heterocycles. The van der Waals surface area contributed by atoms with Crippen molar-refractivity contribution in [3.05, 3.63) is 78.0 Å². The molecule has 3 amide bonds. The Morgan fingerprint density at radius 2 is 1.75 bits per heavy atom. The molecule has 2 N–H and O–H groups in total. The Balaban J connectivity index is 1.49. The molecule has 0 saturated carbocycles. The summed E-state index contributed by atoms with van der Waals surface area (Å²) in [5.74, 6) is -0.222. The van der Waals surface area contributed by atoms with E-state index in [0.717, 1.165) is 0 Å². The van der Waals surface area contributed by atoms with E-state index in [2.05, 4.69) is 20.4 Å². The quantitative estimate of drug-likeness (QED) is 0.610. The Labute approximate surface area is 184 Å². The fourth-order valence-corrected chi connectivity index (χ4v) is 3.19. The number of urea groups is 1. The van der Waals surface area contributed by atoms with Crippen molar-refractivity contribution in [2.45, 2.75) is 0 Å². The molecule has 0 saturated heterocycles. The average Bonchev–Trinajstić information content (AvgIpc) is 2.83. The summed E-state index contributed by atoms with van der Waals surface area (Å²) in [7, 11) is 1.28. The first-order valence-electron chi connectivity index (χ1n) is 9.81. The van der Waals surface area contributed by atoms with E-state index in [-0.39, 0.29) is 23.8 Å². The molecule has 3 aromatic rings. The standard InChI is InChI=1S/C23H20N4O5/c1-31-22(29)16-7-5-6-15(12-16)21(28)25-18-13-19-20(24-14-18)27(10-11-32-19)23(30)26-17-8-3-2-4-9-17/h2-9,12-14H,10-11H2,1H3,(H,25,28)(H,26,30). The van der Waals surface area contributed by atoms with Crippen LogP contribution < -0.4 is 20.3 Å². The minimum absolute atomic E-state index is 0.270. The van der Waals surface area contributed by atoms with Crippen LogP contribution >= 0.6 is 0 Å². The summed E-state index contributed by atoms with van der Waals surface area (Å²) in [6, 6.07) is 16.6. The monoisotopic (exact) mass is 432 g/mol. The highest BCUT2D eigenvalue weighted by atomic mass is 16.5. The number of fused-ring (bicyclic) bond motifs is 1. The Morgan fingerprint density at radius 1 is 0.969 bits per heavy atom. The Hall–Kier alpha value is -4.40. The largest absolute Gasteiger partial charge is 0.488 e.